The SMILES string of the molecule is CCN1CCN(C(=O)c2ccc(N3CCC(N4CCOc5ccc(Cl)cc5C4)CC3)cc2)CC1. The lowest BCUT2D eigenvalue weighted by molar-refractivity contribution is 0.0643. The molecule has 0 unspecified atom stereocenters. The van der Waals surface area contributed by atoms with Gasteiger partial charge >= 0.3 is 0 Å². The predicted molar refractivity (Wildman–Crippen MR) is 137 cm³/mol. The smallest absolute Gasteiger partial charge is 0.253 e. The number of carbonyl (C=O) groups excluding carboxylic acids is 1. The van der Waals surface area contributed by atoms with Crippen molar-refractivity contribution in [2.24, 2.45) is 0 Å². The van der Waals surface area contributed by atoms with E-state index in [-0.39, 0.29) is 5.91 Å². The fraction of sp³-hybridized carbons (Fsp3) is 0.519. The third-order valence-electron chi connectivity index (χ3n) is 7.60. The highest BCUT2D eigenvalue weighted by Gasteiger charge is 2.27. The van der Waals surface area contributed by atoms with E-state index in [0.717, 1.165) is 94.7 Å². The Hall–Kier alpha value is -2.28. The molecule has 0 radical (unpaired) electrons. The van der Waals surface area contributed by atoms with Gasteiger partial charge in [0.05, 0.1) is 0 Å². The molecule has 3 aliphatic rings. The molecule has 3 aliphatic heterocycles. The fourth-order valence-corrected chi connectivity index (χ4v) is 5.64. The van der Waals surface area contributed by atoms with E-state index in [1.165, 1.54) is 11.3 Å². The van der Waals surface area contributed by atoms with Gasteiger partial charge in [-0.3, -0.25) is 9.69 Å². The van der Waals surface area contributed by atoms with E-state index in [4.69, 9.17) is 16.3 Å². The second kappa shape index (κ2) is 10.5. The van der Waals surface area contributed by atoms with Crippen LogP contribution in [-0.4, -0.2) is 85.6 Å². The van der Waals surface area contributed by atoms with E-state index in [1.54, 1.807) is 0 Å². The Morgan fingerprint density at radius 2 is 1.71 bits per heavy atom. The van der Waals surface area contributed by atoms with Crippen molar-refractivity contribution < 1.29 is 9.53 Å². The Morgan fingerprint density at radius 3 is 2.41 bits per heavy atom. The van der Waals surface area contributed by atoms with Crippen LogP contribution in [0.1, 0.15) is 35.7 Å². The molecule has 0 aliphatic carbocycles. The average molecular weight is 483 g/mol. The number of anilines is 1. The third-order valence-corrected chi connectivity index (χ3v) is 7.83. The monoisotopic (exact) mass is 482 g/mol. The van der Waals surface area contributed by atoms with Gasteiger partial charge in [-0.1, -0.05) is 18.5 Å². The number of fused-ring (bicyclic) bond motifs is 1. The number of benzene rings is 2. The van der Waals surface area contributed by atoms with Gasteiger partial charge in [0.1, 0.15) is 12.4 Å². The summed E-state index contributed by atoms with van der Waals surface area (Å²) in [5.74, 6) is 1.12. The maximum Gasteiger partial charge on any atom is 0.253 e. The van der Waals surface area contributed by atoms with Gasteiger partial charge in [0, 0.05) is 80.2 Å². The van der Waals surface area contributed by atoms with Crippen LogP contribution in [0.3, 0.4) is 0 Å². The highest BCUT2D eigenvalue weighted by molar-refractivity contribution is 6.30. The second-order valence-corrected chi connectivity index (χ2v) is 10.00. The number of amides is 1. The van der Waals surface area contributed by atoms with Crippen LogP contribution >= 0.6 is 11.6 Å². The summed E-state index contributed by atoms with van der Waals surface area (Å²) < 4.78 is 5.96. The van der Waals surface area contributed by atoms with Crippen molar-refractivity contribution in [3.05, 3.63) is 58.6 Å². The molecule has 6 nitrogen and oxygen atoms in total. The van der Waals surface area contributed by atoms with Gasteiger partial charge in [-0.25, -0.2) is 0 Å². The molecule has 2 aromatic carbocycles. The van der Waals surface area contributed by atoms with Crippen molar-refractivity contribution >= 4 is 23.2 Å². The van der Waals surface area contributed by atoms with Crippen LogP contribution < -0.4 is 9.64 Å². The van der Waals surface area contributed by atoms with E-state index in [1.807, 2.05) is 35.2 Å². The quantitative estimate of drug-likeness (QED) is 0.659. The van der Waals surface area contributed by atoms with Crippen molar-refractivity contribution in [1.82, 2.24) is 14.7 Å². The van der Waals surface area contributed by atoms with E-state index in [9.17, 15) is 4.79 Å². The van der Waals surface area contributed by atoms with E-state index < -0.39 is 0 Å². The molecular formula is C27H35ClN4O2. The molecular weight excluding hydrogens is 448 g/mol. The number of rotatable bonds is 4. The molecule has 0 spiro atoms. The van der Waals surface area contributed by atoms with Crippen molar-refractivity contribution in [3.8, 4) is 5.75 Å². The standard InChI is InChI=1S/C27H35ClN4O2/c1-2-29-13-15-31(16-14-29)27(33)21-3-6-24(7-4-21)30-11-9-25(10-12-30)32-17-18-34-26-8-5-23(28)19-22(26)20-32/h3-8,19,25H,2,9-18,20H2,1H3. The minimum atomic E-state index is 0.157. The molecule has 0 saturated carbocycles. The van der Waals surface area contributed by atoms with Crippen LogP contribution in [0, 0.1) is 0 Å². The van der Waals surface area contributed by atoms with Crippen LogP contribution in [0.2, 0.25) is 5.02 Å². The van der Waals surface area contributed by atoms with Crippen molar-refractivity contribution in [2.45, 2.75) is 32.4 Å². The summed E-state index contributed by atoms with van der Waals surface area (Å²) in [5, 5.41) is 0.768. The van der Waals surface area contributed by atoms with Gasteiger partial charge in [0.25, 0.3) is 5.91 Å². The fourth-order valence-electron chi connectivity index (χ4n) is 5.45. The molecule has 5 rings (SSSR count). The summed E-state index contributed by atoms with van der Waals surface area (Å²) in [5.41, 5.74) is 3.19. The summed E-state index contributed by atoms with van der Waals surface area (Å²) in [6, 6.07) is 14.7. The number of nitrogens with zero attached hydrogens (tertiary/aromatic N) is 4. The van der Waals surface area contributed by atoms with E-state index in [0.29, 0.717) is 6.04 Å². The Morgan fingerprint density at radius 1 is 0.971 bits per heavy atom. The molecule has 7 heteroatoms. The highest BCUT2D eigenvalue weighted by Crippen LogP contribution is 2.30. The molecule has 34 heavy (non-hydrogen) atoms. The molecule has 0 N–H and O–H groups in total. The van der Waals surface area contributed by atoms with Crippen LogP contribution in [-0.2, 0) is 6.54 Å². The van der Waals surface area contributed by atoms with Gasteiger partial charge < -0.3 is 19.4 Å². The zero-order chi connectivity index (χ0) is 23.5. The normalized spacial score (nSPS) is 20.5. The first-order valence-electron chi connectivity index (χ1n) is 12.6. The van der Waals surface area contributed by atoms with Gasteiger partial charge in [0.2, 0.25) is 0 Å². The molecule has 3 heterocycles. The minimum Gasteiger partial charge on any atom is -0.492 e. The predicted octanol–water partition coefficient (Wildman–Crippen LogP) is 3.98. The molecule has 1 amide bonds. The number of likely N-dealkylation sites (N-methyl/N-ethyl adjacent to an activating group) is 1. The highest BCUT2D eigenvalue weighted by atomic mass is 35.5. The molecule has 2 aromatic rings. The van der Waals surface area contributed by atoms with Crippen LogP contribution in [0.5, 0.6) is 5.75 Å². The zero-order valence-corrected chi connectivity index (χ0v) is 20.8. The molecule has 0 aromatic heterocycles. The first-order chi connectivity index (χ1) is 16.6. The third kappa shape index (κ3) is 5.19. The van der Waals surface area contributed by atoms with Crippen molar-refractivity contribution in [1.29, 1.82) is 0 Å². The second-order valence-electron chi connectivity index (χ2n) is 9.56. The Kier molecular flexibility index (Phi) is 7.28. The molecule has 182 valence electrons. The lowest BCUT2D eigenvalue weighted by Gasteiger charge is -2.39. The van der Waals surface area contributed by atoms with Crippen LogP contribution in [0.15, 0.2) is 42.5 Å². The molecule has 2 fully saturated rings. The van der Waals surface area contributed by atoms with Gasteiger partial charge in [-0.05, 0) is 61.9 Å². The maximum absolute atomic E-state index is 12.9. The topological polar surface area (TPSA) is 39.3 Å². The van der Waals surface area contributed by atoms with Crippen LogP contribution in [0.4, 0.5) is 5.69 Å². The lowest BCUT2D eigenvalue weighted by Crippen LogP contribution is -2.48. The largest absolute Gasteiger partial charge is 0.492 e. The maximum atomic E-state index is 12.9. The van der Waals surface area contributed by atoms with E-state index >= 15 is 0 Å². The lowest BCUT2D eigenvalue weighted by atomic mass is 10.0. The van der Waals surface area contributed by atoms with Crippen molar-refractivity contribution in [2.75, 3.05) is 63.9 Å². The molecule has 0 atom stereocenters. The number of piperazine rings is 1. The van der Waals surface area contributed by atoms with E-state index in [2.05, 4.69) is 33.8 Å². The first kappa shape index (κ1) is 23.5. The summed E-state index contributed by atoms with van der Waals surface area (Å²) in [6.07, 6.45) is 2.25. The number of hydrogen-bond donors (Lipinski definition) is 0. The van der Waals surface area contributed by atoms with Gasteiger partial charge in [0.15, 0.2) is 0 Å². The molecule has 2 saturated heterocycles. The number of piperidine rings is 1. The summed E-state index contributed by atoms with van der Waals surface area (Å²) in [4.78, 5) is 22.3. The van der Waals surface area contributed by atoms with Gasteiger partial charge in [-0.15, -0.1) is 0 Å². The Labute approximate surface area is 208 Å². The number of halogens is 1. The zero-order valence-electron chi connectivity index (χ0n) is 20.1. The summed E-state index contributed by atoms with van der Waals surface area (Å²) in [6.45, 7) is 11.4. The number of carbonyl (C=O) groups is 1. The molecule has 0 bridgehead atoms. The van der Waals surface area contributed by atoms with Gasteiger partial charge in [-0.2, -0.15) is 0 Å². The van der Waals surface area contributed by atoms with Crippen LogP contribution in [0.25, 0.3) is 0 Å². The summed E-state index contributed by atoms with van der Waals surface area (Å²) >= 11 is 6.23. The average Bonchev–Trinajstić information content (AvgIpc) is 3.10. The number of hydrogen-bond acceptors (Lipinski definition) is 5. The van der Waals surface area contributed by atoms with Crippen molar-refractivity contribution in [3.63, 3.8) is 0 Å². The summed E-state index contributed by atoms with van der Waals surface area (Å²) in [7, 11) is 0. The Bertz CT molecular complexity index is 983. The first-order valence-corrected chi connectivity index (χ1v) is 13.0. The Balaban J connectivity index is 1.16. The minimum absolute atomic E-state index is 0.157. The number of ether oxygens (including phenoxy) is 1.